The maximum Gasteiger partial charge on any atom is 0.306 e. The zero-order valence-electron chi connectivity index (χ0n) is 42.9. The van der Waals surface area contributed by atoms with Gasteiger partial charge in [-0.1, -0.05) is 201 Å². The third-order valence-electron chi connectivity index (χ3n) is 11.3. The van der Waals surface area contributed by atoms with Crippen molar-refractivity contribution in [3.8, 4) is 0 Å². The Balaban J connectivity index is 4.49. The maximum absolute atomic E-state index is 12.8. The molecule has 0 aliphatic heterocycles. The highest BCUT2D eigenvalue weighted by atomic mass is 16.6. The quantitative estimate of drug-likeness (QED) is 0.0262. The smallest absolute Gasteiger partial charge is 0.306 e. The molecule has 0 saturated heterocycles. The van der Waals surface area contributed by atoms with Crippen LogP contribution in [0.25, 0.3) is 0 Å². The summed E-state index contributed by atoms with van der Waals surface area (Å²) in [5.74, 6) is -0.961. The van der Waals surface area contributed by atoms with Crippen molar-refractivity contribution < 1.29 is 28.6 Å². The molecular weight excluding hydrogens is 817 g/mol. The number of carbonyl (C=O) groups excluding carboxylic acids is 3. The third kappa shape index (κ3) is 51.3. The predicted molar refractivity (Wildman–Crippen MR) is 284 cm³/mol. The summed E-state index contributed by atoms with van der Waals surface area (Å²) in [5.41, 5.74) is 0. The van der Waals surface area contributed by atoms with Crippen LogP contribution < -0.4 is 0 Å². The summed E-state index contributed by atoms with van der Waals surface area (Å²) in [7, 11) is 0. The number of rotatable bonds is 48. The number of unbranched alkanes of at least 4 members (excludes halogenated alkanes) is 21. The number of hydrogen-bond acceptors (Lipinski definition) is 6. The summed E-state index contributed by atoms with van der Waals surface area (Å²) < 4.78 is 16.8. The Hall–Kier alpha value is -3.67. The van der Waals surface area contributed by atoms with Gasteiger partial charge in [-0.2, -0.15) is 0 Å². The van der Waals surface area contributed by atoms with Crippen molar-refractivity contribution in [3.05, 3.63) is 97.2 Å². The van der Waals surface area contributed by atoms with E-state index in [9.17, 15) is 14.4 Å². The van der Waals surface area contributed by atoms with Crippen LogP contribution in [0.5, 0.6) is 0 Å². The van der Waals surface area contributed by atoms with E-state index in [4.69, 9.17) is 14.2 Å². The lowest BCUT2D eigenvalue weighted by atomic mass is 10.1. The van der Waals surface area contributed by atoms with Crippen LogP contribution in [0.1, 0.15) is 245 Å². The van der Waals surface area contributed by atoms with Gasteiger partial charge in [-0.05, 0) is 122 Å². The molecule has 6 nitrogen and oxygen atoms in total. The Morgan fingerprint density at radius 1 is 0.303 bits per heavy atom. The van der Waals surface area contributed by atoms with Crippen LogP contribution in [-0.4, -0.2) is 37.2 Å². The minimum atomic E-state index is -0.805. The molecule has 0 radical (unpaired) electrons. The fraction of sp³-hybridized carbons (Fsp3) is 0.683. The minimum absolute atomic E-state index is 0.102. The zero-order valence-corrected chi connectivity index (χ0v) is 42.9. The molecule has 0 aromatic rings. The van der Waals surface area contributed by atoms with Crippen molar-refractivity contribution in [2.24, 2.45) is 0 Å². The highest BCUT2D eigenvalue weighted by molar-refractivity contribution is 5.71. The van der Waals surface area contributed by atoms with Gasteiger partial charge in [0.1, 0.15) is 13.2 Å². The molecule has 0 heterocycles. The lowest BCUT2D eigenvalue weighted by Gasteiger charge is -2.18. The first-order chi connectivity index (χ1) is 32.5. The van der Waals surface area contributed by atoms with Crippen LogP contribution in [0.4, 0.5) is 0 Å². The van der Waals surface area contributed by atoms with Crippen molar-refractivity contribution >= 4 is 17.9 Å². The summed E-state index contributed by atoms with van der Waals surface area (Å²) in [6.45, 7) is 6.49. The molecule has 376 valence electrons. The fourth-order valence-corrected chi connectivity index (χ4v) is 7.12. The van der Waals surface area contributed by atoms with E-state index in [-0.39, 0.29) is 31.1 Å². The lowest BCUT2D eigenvalue weighted by Crippen LogP contribution is -2.30. The molecule has 0 spiro atoms. The van der Waals surface area contributed by atoms with Gasteiger partial charge in [0.25, 0.3) is 0 Å². The molecule has 0 aromatic carbocycles. The molecule has 0 rings (SSSR count). The number of hydrogen-bond donors (Lipinski definition) is 0. The van der Waals surface area contributed by atoms with Gasteiger partial charge in [0.05, 0.1) is 0 Å². The number of ether oxygens (including phenoxy) is 3. The van der Waals surface area contributed by atoms with Gasteiger partial charge in [-0.15, -0.1) is 0 Å². The average molecular weight is 917 g/mol. The van der Waals surface area contributed by atoms with E-state index in [2.05, 4.69) is 118 Å². The van der Waals surface area contributed by atoms with E-state index in [1.54, 1.807) is 0 Å². The second-order valence-electron chi connectivity index (χ2n) is 17.8. The minimum Gasteiger partial charge on any atom is -0.462 e. The van der Waals surface area contributed by atoms with Crippen molar-refractivity contribution in [2.75, 3.05) is 13.2 Å². The van der Waals surface area contributed by atoms with Crippen molar-refractivity contribution in [3.63, 3.8) is 0 Å². The van der Waals surface area contributed by atoms with E-state index < -0.39 is 6.10 Å². The van der Waals surface area contributed by atoms with Gasteiger partial charge in [-0.25, -0.2) is 0 Å². The Morgan fingerprint density at radius 2 is 0.561 bits per heavy atom. The Kier molecular flexibility index (Phi) is 50.9. The second kappa shape index (κ2) is 53.9. The predicted octanol–water partition coefficient (Wildman–Crippen LogP) is 18.1. The summed E-state index contributed by atoms with van der Waals surface area (Å²) in [6.07, 6.45) is 71.0. The van der Waals surface area contributed by atoms with Crippen LogP contribution in [0, 0.1) is 0 Å². The summed E-state index contributed by atoms with van der Waals surface area (Å²) in [6, 6.07) is 0. The van der Waals surface area contributed by atoms with Gasteiger partial charge < -0.3 is 14.2 Å². The molecule has 0 amide bonds. The molecule has 1 atom stereocenters. The molecule has 0 aromatic heterocycles. The summed E-state index contributed by atoms with van der Waals surface area (Å²) >= 11 is 0. The van der Waals surface area contributed by atoms with Crippen molar-refractivity contribution in [1.82, 2.24) is 0 Å². The Bertz CT molecular complexity index is 1330. The summed E-state index contributed by atoms with van der Waals surface area (Å²) in [5, 5.41) is 0. The molecule has 66 heavy (non-hydrogen) atoms. The van der Waals surface area contributed by atoms with E-state index in [0.29, 0.717) is 19.3 Å². The first-order valence-corrected chi connectivity index (χ1v) is 27.2. The molecule has 0 saturated carbocycles. The largest absolute Gasteiger partial charge is 0.462 e. The second-order valence-corrected chi connectivity index (χ2v) is 17.8. The van der Waals surface area contributed by atoms with Crippen LogP contribution >= 0.6 is 0 Å². The first kappa shape index (κ1) is 62.3. The van der Waals surface area contributed by atoms with Gasteiger partial charge in [0, 0.05) is 19.3 Å². The summed E-state index contributed by atoms with van der Waals surface area (Å²) in [4.78, 5) is 38.1. The maximum atomic E-state index is 12.8. The van der Waals surface area contributed by atoms with Crippen LogP contribution in [-0.2, 0) is 28.6 Å². The van der Waals surface area contributed by atoms with E-state index >= 15 is 0 Å². The molecule has 0 fully saturated rings. The van der Waals surface area contributed by atoms with Gasteiger partial charge in [0.15, 0.2) is 6.10 Å². The van der Waals surface area contributed by atoms with Crippen LogP contribution in [0.2, 0.25) is 0 Å². The van der Waals surface area contributed by atoms with E-state index in [0.717, 1.165) is 135 Å². The normalized spacial score (nSPS) is 12.8. The Morgan fingerprint density at radius 3 is 0.909 bits per heavy atom. The topological polar surface area (TPSA) is 78.9 Å². The zero-order chi connectivity index (χ0) is 47.9. The molecule has 6 heteroatoms. The monoisotopic (exact) mass is 917 g/mol. The highest BCUT2D eigenvalue weighted by Gasteiger charge is 2.19. The Labute approximate surface area is 407 Å². The van der Waals surface area contributed by atoms with Crippen molar-refractivity contribution in [2.45, 2.75) is 252 Å². The average Bonchev–Trinajstić information content (AvgIpc) is 3.31. The van der Waals surface area contributed by atoms with Crippen LogP contribution in [0.3, 0.4) is 0 Å². The standard InChI is InChI=1S/C60H100O6/c1-4-7-10-13-16-19-22-25-28-29-30-31-33-35-38-41-44-47-50-53-59(62)65-56-57(55-64-58(61)52-49-46-43-40-37-34-27-24-21-18-15-12-9-6-3)66-60(63)54-51-48-45-42-39-36-32-26-23-20-17-14-11-8-5-2/h15-20,24-28,30-32,35,38,57H,4-14,21-23,29,33-34,36-37,39-56H2,1-3H3/b18-15+,19-16+,20-17+,27-24+,28-25+,31-30+,32-26+,38-35+/t57-/m1/s1. The van der Waals surface area contributed by atoms with Gasteiger partial charge >= 0.3 is 17.9 Å². The van der Waals surface area contributed by atoms with Gasteiger partial charge in [-0.3, -0.25) is 14.4 Å². The third-order valence-corrected chi connectivity index (χ3v) is 11.3. The number of esters is 3. The molecule has 0 aliphatic rings. The first-order valence-electron chi connectivity index (χ1n) is 27.2. The van der Waals surface area contributed by atoms with Crippen LogP contribution in [0.15, 0.2) is 97.2 Å². The lowest BCUT2D eigenvalue weighted by molar-refractivity contribution is -0.167. The highest BCUT2D eigenvalue weighted by Crippen LogP contribution is 2.13. The molecule has 0 aliphatic carbocycles. The molecule has 0 unspecified atom stereocenters. The molecule has 0 N–H and O–H groups in total. The van der Waals surface area contributed by atoms with E-state index in [1.807, 2.05) is 0 Å². The van der Waals surface area contributed by atoms with Gasteiger partial charge in [0.2, 0.25) is 0 Å². The fourth-order valence-electron chi connectivity index (χ4n) is 7.12. The SMILES string of the molecule is CCCC/C=C/C/C=C/CCCCCCCC(=O)OC[C@H](COC(=O)CCCCC/C=C/C/C=C/C/C=C/C/C=C/CCCCC)OC(=O)CCCCCCC/C=C/C/C=C/CCCCC. The number of carbonyl (C=O) groups is 3. The molecular formula is C60H100O6. The van der Waals surface area contributed by atoms with E-state index in [1.165, 1.54) is 70.6 Å². The van der Waals surface area contributed by atoms with Crippen molar-refractivity contribution in [1.29, 1.82) is 0 Å². The molecule has 0 bridgehead atoms. The number of allylic oxidation sites excluding steroid dienone is 16.